The molecule has 70 valence electrons. The lowest BCUT2D eigenvalue weighted by Crippen LogP contribution is -2.03. The van der Waals surface area contributed by atoms with Crippen molar-refractivity contribution >= 4 is 43.1 Å². The van der Waals surface area contributed by atoms with Gasteiger partial charge in [0.25, 0.3) is 0 Å². The van der Waals surface area contributed by atoms with Crippen molar-refractivity contribution < 1.29 is 0 Å². The zero-order valence-electron chi connectivity index (χ0n) is 7.14. The monoisotopic (exact) mass is 238 g/mol. The molecule has 0 aromatic heterocycles. The number of rotatable bonds is 2. The van der Waals surface area contributed by atoms with E-state index in [1.807, 2.05) is 29.7 Å². The van der Waals surface area contributed by atoms with Gasteiger partial charge in [0.1, 0.15) is 5.40 Å². The number of fused-ring (bicyclic) bond motifs is 1. The lowest BCUT2D eigenvalue weighted by molar-refractivity contribution is 1.40. The van der Waals surface area contributed by atoms with E-state index >= 15 is 0 Å². The summed E-state index contributed by atoms with van der Waals surface area (Å²) >= 11 is 6.56. The number of thiocyanates is 1. The fourth-order valence-corrected chi connectivity index (χ4v) is 3.95. The second-order valence-electron chi connectivity index (χ2n) is 2.62. The molecule has 1 aromatic carbocycles. The quantitative estimate of drug-likeness (QED) is 0.742. The number of hydrogen-bond acceptors (Lipinski definition) is 4. The predicted octanol–water partition coefficient (Wildman–Crippen LogP) is 2.38. The van der Waals surface area contributed by atoms with Gasteiger partial charge in [-0.3, -0.25) is 0 Å². The van der Waals surface area contributed by atoms with E-state index in [2.05, 4.69) is 4.99 Å². The van der Waals surface area contributed by atoms with Gasteiger partial charge in [-0.05, 0) is 44.5 Å². The first kappa shape index (κ1) is 9.84. The predicted molar refractivity (Wildman–Crippen MR) is 64.6 cm³/mol. The summed E-state index contributed by atoms with van der Waals surface area (Å²) in [5, 5.41) is 11.4. The van der Waals surface area contributed by atoms with Crippen molar-refractivity contribution in [3.63, 3.8) is 0 Å². The third-order valence-corrected chi connectivity index (χ3v) is 5.04. The molecule has 0 saturated heterocycles. The average Bonchev–Trinajstić information content (AvgIpc) is 2.54. The van der Waals surface area contributed by atoms with Crippen molar-refractivity contribution in [3.05, 3.63) is 24.3 Å². The molecule has 0 radical (unpaired) electrons. The summed E-state index contributed by atoms with van der Waals surface area (Å²) in [6.45, 7) is 0. The number of aliphatic imine (C=N–C) groups is 1. The SMILES string of the molecule is N#CSCC1=Nc2ccccc2S1=S. The summed E-state index contributed by atoms with van der Waals surface area (Å²) in [4.78, 5) is 5.54. The van der Waals surface area contributed by atoms with Gasteiger partial charge in [0.05, 0.1) is 16.5 Å². The zero-order chi connectivity index (χ0) is 9.97. The first-order chi connectivity index (χ1) is 6.83. The van der Waals surface area contributed by atoms with E-state index in [9.17, 15) is 0 Å². The fraction of sp³-hybridized carbons (Fsp3) is 0.111. The highest BCUT2D eigenvalue weighted by molar-refractivity contribution is 8.38. The third-order valence-electron chi connectivity index (χ3n) is 1.78. The summed E-state index contributed by atoms with van der Waals surface area (Å²) in [7, 11) is -0.326. The molecule has 0 saturated carbocycles. The van der Waals surface area contributed by atoms with Gasteiger partial charge in [-0.15, -0.1) is 0 Å². The summed E-state index contributed by atoms with van der Waals surface area (Å²) in [6.07, 6.45) is 0. The van der Waals surface area contributed by atoms with Gasteiger partial charge in [0.2, 0.25) is 0 Å². The van der Waals surface area contributed by atoms with Crippen LogP contribution in [0.15, 0.2) is 34.2 Å². The van der Waals surface area contributed by atoms with Crippen LogP contribution < -0.4 is 0 Å². The molecule has 0 amide bonds. The van der Waals surface area contributed by atoms with Crippen LogP contribution in [-0.2, 0) is 20.6 Å². The molecular formula is C9H6N2S3. The van der Waals surface area contributed by atoms with Gasteiger partial charge >= 0.3 is 0 Å². The number of thioether (sulfide) groups is 1. The van der Waals surface area contributed by atoms with Crippen LogP contribution in [0.5, 0.6) is 0 Å². The van der Waals surface area contributed by atoms with E-state index in [1.165, 1.54) is 11.8 Å². The molecule has 0 aliphatic carbocycles. The Hall–Kier alpha value is -0.700. The van der Waals surface area contributed by atoms with Gasteiger partial charge in [0.15, 0.2) is 0 Å². The standard InChI is InChI=1S/C9H6N2S3/c10-6-13-5-9-11-7-3-1-2-4-8(7)14(9)12/h1-4H,5H2. The molecule has 0 N–H and O–H groups in total. The molecule has 0 bridgehead atoms. The summed E-state index contributed by atoms with van der Waals surface area (Å²) in [5.74, 6) is 0.623. The highest BCUT2D eigenvalue weighted by atomic mass is 32.8. The molecule has 5 heteroatoms. The molecule has 0 fully saturated rings. The topological polar surface area (TPSA) is 36.1 Å². The van der Waals surface area contributed by atoms with Crippen LogP contribution in [0.4, 0.5) is 5.69 Å². The van der Waals surface area contributed by atoms with Crippen molar-refractivity contribution in [2.45, 2.75) is 4.90 Å². The Kier molecular flexibility index (Phi) is 2.96. The van der Waals surface area contributed by atoms with Crippen molar-refractivity contribution in [3.8, 4) is 5.40 Å². The van der Waals surface area contributed by atoms with E-state index in [0.29, 0.717) is 5.75 Å². The molecule has 1 aromatic rings. The largest absolute Gasteiger partial charge is 0.244 e. The number of para-hydroxylation sites is 1. The van der Waals surface area contributed by atoms with Crippen molar-refractivity contribution in [1.29, 1.82) is 5.26 Å². The van der Waals surface area contributed by atoms with Gasteiger partial charge < -0.3 is 0 Å². The highest BCUT2D eigenvalue weighted by Crippen LogP contribution is 2.30. The summed E-state index contributed by atoms with van der Waals surface area (Å²) < 4.78 is 0. The second-order valence-corrected chi connectivity index (χ2v) is 5.83. The molecule has 2 rings (SSSR count). The highest BCUT2D eigenvalue weighted by Gasteiger charge is 2.18. The molecular weight excluding hydrogens is 232 g/mol. The zero-order valence-corrected chi connectivity index (χ0v) is 9.59. The van der Waals surface area contributed by atoms with Crippen molar-refractivity contribution in [2.75, 3.05) is 5.75 Å². The Morgan fingerprint density at radius 1 is 1.50 bits per heavy atom. The molecule has 1 atom stereocenters. The molecule has 14 heavy (non-hydrogen) atoms. The number of nitrogens with zero attached hydrogens (tertiary/aromatic N) is 2. The van der Waals surface area contributed by atoms with Crippen LogP contribution >= 0.6 is 11.8 Å². The maximum atomic E-state index is 8.46. The minimum absolute atomic E-state index is 0.326. The van der Waals surface area contributed by atoms with Gasteiger partial charge in [-0.25, -0.2) is 4.99 Å². The maximum absolute atomic E-state index is 8.46. The van der Waals surface area contributed by atoms with E-state index in [4.69, 9.17) is 16.4 Å². The van der Waals surface area contributed by atoms with Crippen LogP contribution in [-0.4, -0.2) is 10.8 Å². The molecule has 1 aliphatic heterocycles. The van der Waals surface area contributed by atoms with Crippen LogP contribution in [0.1, 0.15) is 0 Å². The Bertz CT molecular complexity index is 459. The molecule has 1 aliphatic rings. The Morgan fingerprint density at radius 2 is 2.29 bits per heavy atom. The van der Waals surface area contributed by atoms with Crippen LogP contribution in [0, 0.1) is 10.7 Å². The van der Waals surface area contributed by atoms with E-state index in [0.717, 1.165) is 15.6 Å². The number of hydrogen-bond donors (Lipinski definition) is 0. The summed E-state index contributed by atoms with van der Waals surface area (Å²) in [6, 6.07) is 7.90. The number of nitriles is 1. The molecule has 2 nitrogen and oxygen atoms in total. The molecule has 1 heterocycles. The van der Waals surface area contributed by atoms with E-state index in [1.54, 1.807) is 0 Å². The Morgan fingerprint density at radius 3 is 3.00 bits per heavy atom. The minimum Gasteiger partial charge on any atom is -0.244 e. The van der Waals surface area contributed by atoms with Crippen LogP contribution in [0.2, 0.25) is 0 Å². The lowest BCUT2D eigenvalue weighted by Gasteiger charge is -1.97. The van der Waals surface area contributed by atoms with Crippen molar-refractivity contribution in [1.82, 2.24) is 0 Å². The molecule has 0 spiro atoms. The smallest absolute Gasteiger partial charge is 0.133 e. The summed E-state index contributed by atoms with van der Waals surface area (Å²) in [5.41, 5.74) is 0.972. The Labute approximate surface area is 93.6 Å². The second kappa shape index (κ2) is 4.22. The van der Waals surface area contributed by atoms with E-state index < -0.39 is 0 Å². The van der Waals surface area contributed by atoms with Gasteiger partial charge in [0, 0.05) is 4.90 Å². The van der Waals surface area contributed by atoms with Crippen LogP contribution in [0.25, 0.3) is 0 Å². The van der Waals surface area contributed by atoms with Gasteiger partial charge in [-0.1, -0.05) is 12.1 Å². The number of benzene rings is 1. The normalized spacial score (nSPS) is 18.5. The first-order valence-electron chi connectivity index (χ1n) is 3.92. The van der Waals surface area contributed by atoms with Crippen molar-refractivity contribution in [2.24, 2.45) is 4.99 Å². The van der Waals surface area contributed by atoms with Gasteiger partial charge in [-0.2, -0.15) is 5.26 Å². The maximum Gasteiger partial charge on any atom is 0.133 e. The van der Waals surface area contributed by atoms with E-state index in [-0.39, 0.29) is 9.45 Å². The molecule has 1 unspecified atom stereocenters. The lowest BCUT2D eigenvalue weighted by atomic mass is 10.3. The minimum atomic E-state index is -0.326. The average molecular weight is 238 g/mol. The Balaban J connectivity index is 2.29. The third kappa shape index (κ3) is 1.73. The first-order valence-corrected chi connectivity index (χ1v) is 7.05. The fourth-order valence-electron chi connectivity index (χ4n) is 1.19. The van der Waals surface area contributed by atoms with Crippen LogP contribution in [0.3, 0.4) is 0 Å².